The van der Waals surface area contributed by atoms with Gasteiger partial charge in [0.1, 0.15) is 35.7 Å². The minimum Gasteiger partial charge on any atom is -0.489 e. The monoisotopic (exact) mass is 539 g/mol. The summed E-state index contributed by atoms with van der Waals surface area (Å²) in [6, 6.07) is 17.5. The van der Waals surface area contributed by atoms with E-state index in [1.54, 1.807) is 12.1 Å². The Kier molecular flexibility index (Phi) is 6.37. The quantitative estimate of drug-likeness (QED) is 0.245. The number of fused-ring (bicyclic) bond motifs is 1. The summed E-state index contributed by atoms with van der Waals surface area (Å²) >= 11 is 19.7. The van der Waals surface area contributed by atoms with Crippen molar-refractivity contribution in [2.75, 3.05) is 0 Å². The number of benzene rings is 3. The van der Waals surface area contributed by atoms with Gasteiger partial charge in [0.25, 0.3) is 0 Å². The molecule has 1 aliphatic carbocycles. The molecule has 36 heavy (non-hydrogen) atoms. The number of hydrogen-bond acceptors (Lipinski definition) is 4. The second-order valence-corrected chi connectivity index (χ2v) is 10.6. The van der Waals surface area contributed by atoms with E-state index in [2.05, 4.69) is 30.3 Å². The first-order chi connectivity index (χ1) is 17.5. The van der Waals surface area contributed by atoms with Crippen molar-refractivity contribution >= 4 is 34.8 Å². The molecule has 1 saturated carbocycles. The van der Waals surface area contributed by atoms with Crippen LogP contribution in [0.1, 0.15) is 59.3 Å². The maximum atomic E-state index is 6.72. The summed E-state index contributed by atoms with van der Waals surface area (Å²) in [4.78, 5) is 0. The largest absolute Gasteiger partial charge is 0.489 e. The summed E-state index contributed by atoms with van der Waals surface area (Å²) in [6.07, 6.45) is 3.89. The van der Waals surface area contributed by atoms with Gasteiger partial charge in [-0.05, 0) is 68.0 Å². The van der Waals surface area contributed by atoms with Crippen LogP contribution in [0.5, 0.6) is 11.5 Å². The lowest BCUT2D eigenvalue weighted by atomic mass is 9.96. The molecule has 2 aliphatic rings. The average molecular weight is 541 g/mol. The number of ether oxygens (including phenoxy) is 2. The summed E-state index contributed by atoms with van der Waals surface area (Å²) in [5.41, 5.74) is 5.51. The normalized spacial score (nSPS) is 16.9. The summed E-state index contributed by atoms with van der Waals surface area (Å²) in [6.45, 7) is 2.35. The third-order valence-corrected chi connectivity index (χ3v) is 7.85. The van der Waals surface area contributed by atoms with Crippen molar-refractivity contribution in [2.24, 2.45) is 0 Å². The molecule has 2 heterocycles. The first-order valence-corrected chi connectivity index (χ1v) is 13.2. The van der Waals surface area contributed by atoms with Gasteiger partial charge in [-0.3, -0.25) is 0 Å². The fraction of sp³-hybridized carbons (Fsp3) is 0.276. The van der Waals surface area contributed by atoms with Crippen molar-refractivity contribution in [2.45, 2.75) is 51.2 Å². The van der Waals surface area contributed by atoms with E-state index >= 15 is 0 Å². The van der Waals surface area contributed by atoms with Gasteiger partial charge in [0.05, 0.1) is 20.6 Å². The Morgan fingerprint density at radius 3 is 2.47 bits per heavy atom. The predicted octanol–water partition coefficient (Wildman–Crippen LogP) is 9.13. The first kappa shape index (κ1) is 23.7. The molecule has 6 rings (SSSR count). The SMILES string of the molecule is Cc1cccc2c1OC(c1ccc(OCc3c(-c4c(Cl)cccc4Cl)noc3C3CC3)cc1Cl)CC2. The van der Waals surface area contributed by atoms with E-state index in [-0.39, 0.29) is 12.7 Å². The highest BCUT2D eigenvalue weighted by Crippen LogP contribution is 2.46. The van der Waals surface area contributed by atoms with Crippen LogP contribution in [0.2, 0.25) is 15.1 Å². The van der Waals surface area contributed by atoms with E-state index < -0.39 is 0 Å². The molecular formula is C29H24Cl3NO3. The Bertz CT molecular complexity index is 1420. The zero-order valence-corrected chi connectivity index (χ0v) is 22.0. The predicted molar refractivity (Wildman–Crippen MR) is 143 cm³/mol. The number of rotatable bonds is 6. The fourth-order valence-electron chi connectivity index (χ4n) is 4.85. The number of para-hydroxylation sites is 1. The van der Waals surface area contributed by atoms with Crippen LogP contribution in [-0.4, -0.2) is 5.16 Å². The van der Waals surface area contributed by atoms with Crippen molar-refractivity contribution in [3.63, 3.8) is 0 Å². The number of aryl methyl sites for hydroxylation is 2. The van der Waals surface area contributed by atoms with Crippen molar-refractivity contribution in [1.82, 2.24) is 5.16 Å². The van der Waals surface area contributed by atoms with Crippen LogP contribution in [0.4, 0.5) is 0 Å². The highest BCUT2D eigenvalue weighted by Gasteiger charge is 2.34. The minimum atomic E-state index is -0.0892. The molecule has 1 fully saturated rings. The van der Waals surface area contributed by atoms with Crippen molar-refractivity contribution < 1.29 is 14.0 Å². The first-order valence-electron chi connectivity index (χ1n) is 12.1. The van der Waals surface area contributed by atoms with Crippen LogP contribution in [0.15, 0.2) is 59.1 Å². The van der Waals surface area contributed by atoms with Crippen molar-refractivity contribution in [1.29, 1.82) is 0 Å². The molecule has 4 nitrogen and oxygen atoms in total. The average Bonchev–Trinajstić information content (AvgIpc) is 3.63. The minimum absolute atomic E-state index is 0.0892. The van der Waals surface area contributed by atoms with Crippen molar-refractivity contribution in [3.05, 3.63) is 97.7 Å². The second-order valence-electron chi connectivity index (χ2n) is 9.43. The number of aromatic nitrogens is 1. The van der Waals surface area contributed by atoms with Gasteiger partial charge < -0.3 is 14.0 Å². The van der Waals surface area contributed by atoms with Gasteiger partial charge in [0, 0.05) is 17.0 Å². The highest BCUT2D eigenvalue weighted by molar-refractivity contribution is 6.39. The second kappa shape index (κ2) is 9.66. The molecule has 1 atom stereocenters. The van der Waals surface area contributed by atoms with Crippen LogP contribution in [0.3, 0.4) is 0 Å². The zero-order valence-electron chi connectivity index (χ0n) is 19.7. The third kappa shape index (κ3) is 4.47. The molecule has 7 heteroatoms. The maximum absolute atomic E-state index is 6.72. The molecule has 0 spiro atoms. The Hall–Kier alpha value is -2.66. The van der Waals surface area contributed by atoms with Crippen LogP contribution >= 0.6 is 34.8 Å². The third-order valence-electron chi connectivity index (χ3n) is 6.90. The molecule has 3 aromatic carbocycles. The maximum Gasteiger partial charge on any atom is 0.147 e. The summed E-state index contributed by atoms with van der Waals surface area (Å²) in [5, 5.41) is 6.00. The van der Waals surface area contributed by atoms with E-state index in [0.717, 1.165) is 53.9 Å². The van der Waals surface area contributed by atoms with Gasteiger partial charge in [0.15, 0.2) is 0 Å². The van der Waals surface area contributed by atoms with E-state index in [1.165, 1.54) is 5.56 Å². The molecule has 1 aromatic heterocycles. The van der Waals surface area contributed by atoms with Crippen LogP contribution in [-0.2, 0) is 13.0 Å². The standard InChI is InChI=1S/C29H24Cl3NO3/c1-16-4-2-5-17-10-13-25(35-28(16)17)20-12-11-19(14-24(20)32)34-15-21-27(33-36-29(21)18-8-9-18)26-22(30)6-3-7-23(26)31/h2-7,11-12,14,18,25H,8-10,13,15H2,1H3. The number of halogens is 3. The van der Waals surface area contributed by atoms with E-state index in [9.17, 15) is 0 Å². The molecule has 1 unspecified atom stereocenters. The van der Waals surface area contributed by atoms with Gasteiger partial charge in [-0.15, -0.1) is 0 Å². The van der Waals surface area contributed by atoms with Gasteiger partial charge in [-0.2, -0.15) is 0 Å². The van der Waals surface area contributed by atoms with Crippen LogP contribution < -0.4 is 9.47 Å². The number of hydrogen-bond donors (Lipinski definition) is 0. The Morgan fingerprint density at radius 1 is 0.944 bits per heavy atom. The van der Waals surface area contributed by atoms with Crippen LogP contribution in [0.25, 0.3) is 11.3 Å². The van der Waals surface area contributed by atoms with E-state index in [1.807, 2.05) is 24.3 Å². The molecular weight excluding hydrogens is 517 g/mol. The zero-order chi connectivity index (χ0) is 24.8. The molecule has 1 aliphatic heterocycles. The van der Waals surface area contributed by atoms with Gasteiger partial charge in [0.2, 0.25) is 0 Å². The molecule has 0 saturated heterocycles. The fourth-order valence-corrected chi connectivity index (χ4v) is 5.72. The summed E-state index contributed by atoms with van der Waals surface area (Å²) in [7, 11) is 0. The van der Waals surface area contributed by atoms with Gasteiger partial charge in [-0.25, -0.2) is 0 Å². The summed E-state index contributed by atoms with van der Waals surface area (Å²) in [5.74, 6) is 2.83. The topological polar surface area (TPSA) is 44.5 Å². The lowest BCUT2D eigenvalue weighted by molar-refractivity contribution is 0.175. The smallest absolute Gasteiger partial charge is 0.147 e. The lowest BCUT2D eigenvalue weighted by Gasteiger charge is -2.28. The Labute approximate surface area is 225 Å². The van der Waals surface area contributed by atoms with Crippen molar-refractivity contribution in [3.8, 4) is 22.8 Å². The van der Waals surface area contributed by atoms with Gasteiger partial charge >= 0.3 is 0 Å². The Morgan fingerprint density at radius 2 is 1.72 bits per heavy atom. The molecule has 4 aromatic rings. The number of nitrogens with zero attached hydrogens (tertiary/aromatic N) is 1. The summed E-state index contributed by atoms with van der Waals surface area (Å²) < 4.78 is 18.3. The molecule has 0 amide bonds. The molecule has 0 bridgehead atoms. The Balaban J connectivity index is 1.24. The molecule has 0 N–H and O–H groups in total. The molecule has 0 radical (unpaired) electrons. The molecule has 184 valence electrons. The van der Waals surface area contributed by atoms with Gasteiger partial charge in [-0.1, -0.05) is 70.3 Å². The lowest BCUT2D eigenvalue weighted by Crippen LogP contribution is -2.16. The highest BCUT2D eigenvalue weighted by atomic mass is 35.5. The van der Waals surface area contributed by atoms with Crippen LogP contribution in [0, 0.1) is 6.92 Å². The van der Waals surface area contributed by atoms with E-state index in [0.29, 0.717) is 38.0 Å². The van der Waals surface area contributed by atoms with E-state index in [4.69, 9.17) is 48.8 Å².